The average molecular weight is 473 g/mol. The van der Waals surface area contributed by atoms with Gasteiger partial charge in [-0.1, -0.05) is 6.07 Å². The number of alkyl halides is 3. The van der Waals surface area contributed by atoms with E-state index in [1.54, 1.807) is 10.8 Å². The molecule has 0 saturated heterocycles. The van der Waals surface area contributed by atoms with Gasteiger partial charge in [0, 0.05) is 20.3 Å². The number of fused-ring (bicyclic) bond motifs is 1. The fourth-order valence-corrected chi connectivity index (χ4v) is 3.88. The number of halogens is 3. The number of ether oxygens (including phenoxy) is 1. The standard InChI is InChI=1S/C20H18F3N3O5S.2H2/c1-12(26-10-9-13-3-4-14(11-17(13)26)20(21,22)23)18(27)24-15-5-7-16(8-6-15)32(29,30)25-19(28)31-2;;/h3-12H,1-2H3,(H,24,27)(H,25,28);2*1H/t12-;;/m1../s1. The zero-order valence-corrected chi connectivity index (χ0v) is 17.6. The number of nitrogens with one attached hydrogen (secondary N) is 2. The zero-order chi connectivity index (χ0) is 23.7. The second-order valence-electron chi connectivity index (χ2n) is 6.78. The summed E-state index contributed by atoms with van der Waals surface area (Å²) in [6.07, 6.45) is -4.15. The predicted octanol–water partition coefficient (Wildman–Crippen LogP) is 4.40. The van der Waals surface area contributed by atoms with E-state index >= 15 is 0 Å². The van der Waals surface area contributed by atoms with Gasteiger partial charge in [0.1, 0.15) is 6.04 Å². The van der Waals surface area contributed by atoms with Crippen molar-refractivity contribution < 1.29 is 38.8 Å². The molecule has 3 aromatic rings. The molecule has 0 radical (unpaired) electrons. The van der Waals surface area contributed by atoms with Crippen LogP contribution in [0.2, 0.25) is 0 Å². The Balaban J connectivity index is 0.00000289. The Hall–Kier alpha value is -3.54. The molecule has 0 aliphatic heterocycles. The molecule has 0 unspecified atom stereocenters. The van der Waals surface area contributed by atoms with E-state index < -0.39 is 39.8 Å². The Labute approximate surface area is 184 Å². The molecule has 174 valence electrons. The number of amides is 2. The van der Waals surface area contributed by atoms with Crippen molar-refractivity contribution >= 4 is 38.6 Å². The van der Waals surface area contributed by atoms with Crippen LogP contribution in [0, 0.1) is 0 Å². The number of aromatic nitrogens is 1. The number of anilines is 1. The summed E-state index contributed by atoms with van der Waals surface area (Å²) in [5.74, 6) is -0.525. The SMILES string of the molecule is COC(=O)NS(=O)(=O)c1ccc(NC(=O)[C@@H](C)n2ccc3ccc(C(F)(F)F)cc32)cc1.[HH].[HH]. The number of sulfonamides is 1. The average Bonchev–Trinajstić information content (AvgIpc) is 3.15. The first-order chi connectivity index (χ1) is 14.9. The van der Waals surface area contributed by atoms with Gasteiger partial charge in [0.15, 0.2) is 0 Å². The third-order valence-corrected chi connectivity index (χ3v) is 6.01. The van der Waals surface area contributed by atoms with Crippen LogP contribution in [0.15, 0.2) is 59.6 Å². The summed E-state index contributed by atoms with van der Waals surface area (Å²) in [6.45, 7) is 1.52. The first kappa shape index (κ1) is 23.1. The Kier molecular flexibility index (Phi) is 6.17. The molecule has 0 fully saturated rings. The Bertz CT molecular complexity index is 1280. The van der Waals surface area contributed by atoms with Crippen molar-refractivity contribution in [3.05, 3.63) is 60.3 Å². The maximum absolute atomic E-state index is 13.0. The second kappa shape index (κ2) is 8.54. The highest BCUT2D eigenvalue weighted by molar-refractivity contribution is 7.90. The van der Waals surface area contributed by atoms with E-state index in [-0.39, 0.29) is 19.0 Å². The molecular formula is C20H22F3N3O5S. The minimum Gasteiger partial charge on any atom is -0.452 e. The smallest absolute Gasteiger partial charge is 0.420 e. The molecule has 8 nitrogen and oxygen atoms in total. The zero-order valence-electron chi connectivity index (χ0n) is 16.8. The van der Waals surface area contributed by atoms with Gasteiger partial charge in [-0.05, 0) is 54.8 Å². The summed E-state index contributed by atoms with van der Waals surface area (Å²) in [6, 6.07) is 9.00. The van der Waals surface area contributed by atoms with Gasteiger partial charge in [-0.3, -0.25) is 4.79 Å². The lowest BCUT2D eigenvalue weighted by molar-refractivity contribution is -0.137. The van der Waals surface area contributed by atoms with Crippen LogP contribution in [-0.2, 0) is 25.7 Å². The molecule has 0 bridgehead atoms. The highest BCUT2D eigenvalue weighted by Gasteiger charge is 2.31. The first-order valence-corrected chi connectivity index (χ1v) is 10.6. The van der Waals surface area contributed by atoms with E-state index in [4.69, 9.17) is 0 Å². The topological polar surface area (TPSA) is 106 Å². The lowest BCUT2D eigenvalue weighted by atomic mass is 10.1. The molecule has 0 aliphatic carbocycles. The van der Waals surface area contributed by atoms with Crippen LogP contribution in [0.5, 0.6) is 0 Å². The van der Waals surface area contributed by atoms with Crippen molar-refractivity contribution in [1.29, 1.82) is 0 Å². The Morgan fingerprint density at radius 1 is 1.09 bits per heavy atom. The van der Waals surface area contributed by atoms with E-state index in [1.165, 1.54) is 48.0 Å². The van der Waals surface area contributed by atoms with Crippen LogP contribution in [0.25, 0.3) is 10.9 Å². The first-order valence-electron chi connectivity index (χ1n) is 9.12. The molecule has 0 aliphatic rings. The molecule has 0 spiro atoms. The van der Waals surface area contributed by atoms with E-state index in [0.717, 1.165) is 19.2 Å². The predicted molar refractivity (Wildman–Crippen MR) is 114 cm³/mol. The second-order valence-corrected chi connectivity index (χ2v) is 8.46. The van der Waals surface area contributed by atoms with Gasteiger partial charge in [0.25, 0.3) is 10.0 Å². The number of benzene rings is 2. The van der Waals surface area contributed by atoms with E-state index in [2.05, 4.69) is 10.1 Å². The van der Waals surface area contributed by atoms with Crippen LogP contribution >= 0.6 is 0 Å². The van der Waals surface area contributed by atoms with Gasteiger partial charge >= 0.3 is 12.3 Å². The summed E-state index contributed by atoms with van der Waals surface area (Å²) < 4.78 is 70.6. The summed E-state index contributed by atoms with van der Waals surface area (Å²) in [5, 5.41) is 3.13. The molecule has 12 heteroatoms. The molecule has 1 atom stereocenters. The third kappa shape index (κ3) is 4.85. The lowest BCUT2D eigenvalue weighted by Crippen LogP contribution is -2.30. The van der Waals surface area contributed by atoms with Crippen molar-refractivity contribution in [2.75, 3.05) is 12.4 Å². The van der Waals surface area contributed by atoms with Crippen molar-refractivity contribution in [2.45, 2.75) is 24.0 Å². The fourth-order valence-electron chi connectivity index (χ4n) is 2.96. The van der Waals surface area contributed by atoms with Gasteiger partial charge in [-0.15, -0.1) is 0 Å². The summed E-state index contributed by atoms with van der Waals surface area (Å²) in [7, 11) is -3.13. The monoisotopic (exact) mass is 473 g/mol. The quantitative estimate of drug-likeness (QED) is 0.571. The molecule has 2 N–H and O–H groups in total. The molecule has 2 aromatic carbocycles. The normalized spacial score (nSPS) is 12.9. The van der Waals surface area contributed by atoms with Crippen LogP contribution in [0.4, 0.5) is 23.7 Å². The van der Waals surface area contributed by atoms with Crippen molar-refractivity contribution in [1.82, 2.24) is 9.29 Å². The van der Waals surface area contributed by atoms with Gasteiger partial charge in [-0.25, -0.2) is 17.9 Å². The fraction of sp³-hybridized carbons (Fsp3) is 0.200. The molecule has 32 heavy (non-hydrogen) atoms. The van der Waals surface area contributed by atoms with Crippen molar-refractivity contribution in [2.24, 2.45) is 0 Å². The van der Waals surface area contributed by atoms with E-state index in [9.17, 15) is 31.2 Å². The van der Waals surface area contributed by atoms with Crippen LogP contribution in [0.1, 0.15) is 21.4 Å². The van der Waals surface area contributed by atoms with Gasteiger partial charge in [-0.2, -0.15) is 13.2 Å². The minimum atomic E-state index is -4.51. The number of methoxy groups -OCH3 is 1. The lowest BCUT2D eigenvalue weighted by Gasteiger charge is -2.16. The Morgan fingerprint density at radius 2 is 1.75 bits per heavy atom. The Morgan fingerprint density at radius 3 is 2.34 bits per heavy atom. The number of hydrogen-bond acceptors (Lipinski definition) is 5. The van der Waals surface area contributed by atoms with Gasteiger partial charge in [0.2, 0.25) is 5.91 Å². The maximum Gasteiger partial charge on any atom is 0.420 e. The molecular weight excluding hydrogens is 451 g/mol. The van der Waals surface area contributed by atoms with Crippen LogP contribution in [-0.4, -0.2) is 32.1 Å². The highest BCUT2D eigenvalue weighted by atomic mass is 32.2. The number of nitrogens with zero attached hydrogens (tertiary/aromatic N) is 1. The van der Waals surface area contributed by atoms with Crippen molar-refractivity contribution in [3.63, 3.8) is 0 Å². The highest BCUT2D eigenvalue weighted by Crippen LogP contribution is 2.32. The molecule has 3 rings (SSSR count). The summed E-state index contributed by atoms with van der Waals surface area (Å²) in [4.78, 5) is 23.6. The van der Waals surface area contributed by atoms with E-state index in [0.29, 0.717) is 5.39 Å². The maximum atomic E-state index is 13.0. The molecule has 2 amide bonds. The summed E-state index contributed by atoms with van der Waals surface area (Å²) in [5.41, 5.74) is -0.320. The van der Waals surface area contributed by atoms with Gasteiger partial charge in [0.05, 0.1) is 17.6 Å². The minimum absolute atomic E-state index is 0. The molecule has 1 aromatic heterocycles. The molecule has 1 heterocycles. The van der Waals surface area contributed by atoms with Gasteiger partial charge < -0.3 is 14.6 Å². The number of carbonyl (C=O) groups excluding carboxylic acids is 2. The largest absolute Gasteiger partial charge is 0.452 e. The van der Waals surface area contributed by atoms with Crippen LogP contribution in [0.3, 0.4) is 0 Å². The van der Waals surface area contributed by atoms with Crippen LogP contribution < -0.4 is 10.0 Å². The molecule has 0 saturated carbocycles. The number of hydrogen-bond donors (Lipinski definition) is 2. The number of carbonyl (C=O) groups is 2. The van der Waals surface area contributed by atoms with E-state index in [1.807, 2.05) is 0 Å². The number of rotatable bonds is 5. The third-order valence-electron chi connectivity index (χ3n) is 4.68. The van der Waals surface area contributed by atoms with Crippen molar-refractivity contribution in [3.8, 4) is 0 Å². The summed E-state index contributed by atoms with van der Waals surface area (Å²) >= 11 is 0.